The topological polar surface area (TPSA) is 84.2 Å². The van der Waals surface area contributed by atoms with E-state index in [1.807, 2.05) is 50.2 Å². The molecule has 0 spiro atoms. The molecule has 0 bridgehead atoms. The predicted octanol–water partition coefficient (Wildman–Crippen LogP) is 1.97. The lowest BCUT2D eigenvalue weighted by Gasteiger charge is -2.19. The van der Waals surface area contributed by atoms with Gasteiger partial charge in [-0.2, -0.15) is 0 Å². The maximum atomic E-state index is 12.4. The van der Waals surface area contributed by atoms with Crippen LogP contribution in [-0.2, 0) is 20.6 Å². The Kier molecular flexibility index (Phi) is 4.89. The molecule has 3 rings (SSSR count). The number of nitrogens with one attached hydrogen (secondary N) is 2. The minimum absolute atomic E-state index is 0.107. The van der Waals surface area contributed by atoms with Gasteiger partial charge < -0.3 is 15.5 Å². The molecule has 2 heterocycles. The minimum atomic E-state index is -0.312. The Hall–Kier alpha value is -3.29. The van der Waals surface area contributed by atoms with Crippen molar-refractivity contribution in [1.82, 2.24) is 19.4 Å². The van der Waals surface area contributed by atoms with E-state index < -0.39 is 0 Å². The third-order valence-electron chi connectivity index (χ3n) is 4.53. The van der Waals surface area contributed by atoms with E-state index >= 15 is 0 Å². The number of carbonyl (C=O) groups is 1. The molecule has 0 fully saturated rings. The summed E-state index contributed by atoms with van der Waals surface area (Å²) >= 11 is 0. The standard InChI is InChI=1S/C19H24N6O2/c1-12-8-13(6-7-20-12)11-21-18(26)22-14-9-16-17(10-15(14)23(2)3)25(5)19(27)24(16)4/h6-10H,11H2,1-5H3,(H2,21,22,26). The largest absolute Gasteiger partial charge is 0.376 e. The van der Waals surface area contributed by atoms with Crippen LogP contribution in [0.3, 0.4) is 0 Å². The molecular weight excluding hydrogens is 344 g/mol. The molecule has 3 aromatic rings. The van der Waals surface area contributed by atoms with Gasteiger partial charge in [0.25, 0.3) is 0 Å². The zero-order chi connectivity index (χ0) is 19.7. The number of hydrogen-bond acceptors (Lipinski definition) is 4. The second-order valence-electron chi connectivity index (χ2n) is 6.77. The Labute approximate surface area is 157 Å². The van der Waals surface area contributed by atoms with Crippen molar-refractivity contribution in [2.45, 2.75) is 13.5 Å². The Morgan fingerprint density at radius 2 is 1.81 bits per heavy atom. The van der Waals surface area contributed by atoms with Gasteiger partial charge in [0.1, 0.15) is 0 Å². The van der Waals surface area contributed by atoms with Gasteiger partial charge in [0.15, 0.2) is 0 Å². The minimum Gasteiger partial charge on any atom is -0.376 e. The van der Waals surface area contributed by atoms with Crippen LogP contribution in [0.1, 0.15) is 11.3 Å². The average molecular weight is 368 g/mol. The average Bonchev–Trinajstić information content (AvgIpc) is 2.83. The molecule has 0 unspecified atom stereocenters. The molecule has 0 saturated heterocycles. The molecule has 8 nitrogen and oxygen atoms in total. The number of urea groups is 1. The summed E-state index contributed by atoms with van der Waals surface area (Å²) in [6, 6.07) is 7.20. The van der Waals surface area contributed by atoms with Gasteiger partial charge in [-0.15, -0.1) is 0 Å². The van der Waals surface area contributed by atoms with E-state index in [9.17, 15) is 9.59 Å². The zero-order valence-corrected chi connectivity index (χ0v) is 16.2. The molecule has 0 aliphatic carbocycles. The fraction of sp³-hybridized carbons (Fsp3) is 0.316. The van der Waals surface area contributed by atoms with E-state index in [0.29, 0.717) is 12.2 Å². The van der Waals surface area contributed by atoms with E-state index in [2.05, 4.69) is 15.6 Å². The predicted molar refractivity (Wildman–Crippen MR) is 107 cm³/mol. The highest BCUT2D eigenvalue weighted by molar-refractivity contribution is 5.97. The molecule has 0 saturated carbocycles. The number of aromatic nitrogens is 3. The third kappa shape index (κ3) is 3.64. The van der Waals surface area contributed by atoms with Crippen LogP contribution in [-0.4, -0.2) is 34.2 Å². The number of aryl methyl sites for hydroxylation is 3. The first-order valence-electron chi connectivity index (χ1n) is 8.61. The van der Waals surface area contributed by atoms with Gasteiger partial charge in [-0.1, -0.05) is 0 Å². The highest BCUT2D eigenvalue weighted by Crippen LogP contribution is 2.29. The van der Waals surface area contributed by atoms with Crippen molar-refractivity contribution in [3.8, 4) is 0 Å². The van der Waals surface area contributed by atoms with Gasteiger partial charge in [0.2, 0.25) is 0 Å². The van der Waals surface area contributed by atoms with E-state index in [1.54, 1.807) is 29.4 Å². The molecule has 0 atom stereocenters. The Morgan fingerprint density at radius 3 is 2.44 bits per heavy atom. The molecule has 0 radical (unpaired) electrons. The van der Waals surface area contributed by atoms with Crippen LogP contribution in [0.25, 0.3) is 11.0 Å². The number of amides is 2. The second kappa shape index (κ2) is 7.14. The molecule has 0 aliphatic heterocycles. The van der Waals surface area contributed by atoms with Gasteiger partial charge in [-0.25, -0.2) is 9.59 Å². The van der Waals surface area contributed by atoms with Gasteiger partial charge in [-0.05, 0) is 36.8 Å². The maximum absolute atomic E-state index is 12.4. The summed E-state index contributed by atoms with van der Waals surface area (Å²) in [5.41, 5.74) is 4.80. The highest BCUT2D eigenvalue weighted by atomic mass is 16.2. The summed E-state index contributed by atoms with van der Waals surface area (Å²) < 4.78 is 3.16. The smallest absolute Gasteiger partial charge is 0.328 e. The number of imidazole rings is 1. The van der Waals surface area contributed by atoms with Crippen molar-refractivity contribution >= 4 is 28.4 Å². The van der Waals surface area contributed by atoms with Crippen molar-refractivity contribution in [1.29, 1.82) is 0 Å². The summed E-state index contributed by atoms with van der Waals surface area (Å²) in [5.74, 6) is 0. The summed E-state index contributed by atoms with van der Waals surface area (Å²) in [6.45, 7) is 2.31. The zero-order valence-electron chi connectivity index (χ0n) is 16.2. The van der Waals surface area contributed by atoms with Crippen LogP contribution < -0.4 is 21.2 Å². The Bertz CT molecular complexity index is 1060. The lowest BCUT2D eigenvalue weighted by atomic mass is 10.2. The molecule has 8 heteroatoms. The summed E-state index contributed by atoms with van der Waals surface area (Å²) in [5, 5.41) is 5.74. The van der Waals surface area contributed by atoms with E-state index in [1.165, 1.54) is 0 Å². The molecule has 2 amide bonds. The van der Waals surface area contributed by atoms with Crippen molar-refractivity contribution in [2.75, 3.05) is 24.3 Å². The lowest BCUT2D eigenvalue weighted by Crippen LogP contribution is -2.29. The van der Waals surface area contributed by atoms with Gasteiger partial charge in [0.05, 0.1) is 22.4 Å². The van der Waals surface area contributed by atoms with Gasteiger partial charge in [0, 0.05) is 46.6 Å². The van der Waals surface area contributed by atoms with Crippen LogP contribution in [0.5, 0.6) is 0 Å². The molecule has 1 aromatic carbocycles. The van der Waals surface area contributed by atoms with Crippen molar-refractivity contribution in [3.05, 3.63) is 52.2 Å². The van der Waals surface area contributed by atoms with Crippen LogP contribution in [0.4, 0.5) is 16.2 Å². The van der Waals surface area contributed by atoms with E-state index in [4.69, 9.17) is 0 Å². The molecule has 0 aliphatic rings. The molecular formula is C19H24N6O2. The molecule has 2 N–H and O–H groups in total. The molecule has 27 heavy (non-hydrogen) atoms. The van der Waals surface area contributed by atoms with Crippen LogP contribution in [0.2, 0.25) is 0 Å². The number of anilines is 2. The maximum Gasteiger partial charge on any atom is 0.328 e. The highest BCUT2D eigenvalue weighted by Gasteiger charge is 2.15. The lowest BCUT2D eigenvalue weighted by molar-refractivity contribution is 0.251. The third-order valence-corrected chi connectivity index (χ3v) is 4.53. The number of benzene rings is 1. The van der Waals surface area contributed by atoms with Crippen LogP contribution >= 0.6 is 0 Å². The van der Waals surface area contributed by atoms with Crippen molar-refractivity contribution in [2.24, 2.45) is 14.1 Å². The Morgan fingerprint density at radius 1 is 1.15 bits per heavy atom. The summed E-state index contributed by atoms with van der Waals surface area (Å²) in [7, 11) is 7.24. The fourth-order valence-corrected chi connectivity index (χ4v) is 3.07. The quantitative estimate of drug-likeness (QED) is 0.737. The number of hydrogen-bond donors (Lipinski definition) is 2. The van der Waals surface area contributed by atoms with Gasteiger partial charge in [-0.3, -0.25) is 14.1 Å². The monoisotopic (exact) mass is 368 g/mol. The van der Waals surface area contributed by atoms with Gasteiger partial charge >= 0.3 is 11.7 Å². The first-order valence-corrected chi connectivity index (χ1v) is 8.61. The SMILES string of the molecule is Cc1cc(CNC(=O)Nc2cc3c(cc2N(C)C)n(C)c(=O)n3C)ccn1. The first-order chi connectivity index (χ1) is 12.8. The number of carbonyl (C=O) groups excluding carboxylic acids is 1. The van der Waals surface area contributed by atoms with Crippen LogP contribution in [0.15, 0.2) is 35.3 Å². The van der Waals surface area contributed by atoms with Crippen molar-refractivity contribution in [3.63, 3.8) is 0 Å². The number of pyridine rings is 1. The summed E-state index contributed by atoms with van der Waals surface area (Å²) in [6.07, 6.45) is 1.72. The summed E-state index contributed by atoms with van der Waals surface area (Å²) in [4.78, 5) is 30.7. The first kappa shape index (κ1) is 18.5. The molecule has 2 aromatic heterocycles. The van der Waals surface area contributed by atoms with E-state index in [-0.39, 0.29) is 11.7 Å². The number of fused-ring (bicyclic) bond motifs is 1. The van der Waals surface area contributed by atoms with Crippen molar-refractivity contribution < 1.29 is 4.79 Å². The second-order valence-corrected chi connectivity index (χ2v) is 6.77. The number of nitrogens with zero attached hydrogens (tertiary/aromatic N) is 4. The fourth-order valence-electron chi connectivity index (χ4n) is 3.07. The van der Waals surface area contributed by atoms with Crippen LogP contribution in [0, 0.1) is 6.92 Å². The number of rotatable bonds is 4. The Balaban J connectivity index is 1.86. The normalized spacial score (nSPS) is 10.9. The van der Waals surface area contributed by atoms with E-state index in [0.717, 1.165) is 28.0 Å². The molecule has 142 valence electrons.